The van der Waals surface area contributed by atoms with Gasteiger partial charge in [0.25, 0.3) is 5.91 Å². The number of amides is 2. The highest BCUT2D eigenvalue weighted by Crippen LogP contribution is 2.24. The molecule has 0 N–H and O–H groups in total. The van der Waals surface area contributed by atoms with Crippen molar-refractivity contribution in [2.24, 2.45) is 0 Å². The molecule has 0 fully saturated rings. The molecule has 1 aliphatic heterocycles. The summed E-state index contributed by atoms with van der Waals surface area (Å²) in [5.41, 5.74) is 3.84. The van der Waals surface area contributed by atoms with Crippen molar-refractivity contribution in [1.29, 1.82) is 0 Å². The van der Waals surface area contributed by atoms with Crippen LogP contribution in [0.1, 0.15) is 48.0 Å². The van der Waals surface area contributed by atoms with Gasteiger partial charge >= 0.3 is 6.09 Å². The summed E-state index contributed by atoms with van der Waals surface area (Å²) in [4.78, 5) is 26.1. The first-order chi connectivity index (χ1) is 11.7. The Balaban J connectivity index is 1.87. The minimum absolute atomic E-state index is 0.310. The largest absolute Gasteiger partial charge is 0.443 e. The van der Waals surface area contributed by atoms with Gasteiger partial charge in [-0.1, -0.05) is 0 Å². The Hall–Kier alpha value is -2.63. The Labute approximate surface area is 147 Å². The standard InChI is InChI=1S/C19H23N3O3/c1-12-11-22(20-13(12)2)15-6-7-16-14(10-15)8-9-21(17(16)23)18(24)25-19(3,4)5/h6-7,10-11H,8-9H2,1-5H3. The molecule has 6 heteroatoms. The lowest BCUT2D eigenvalue weighted by atomic mass is 9.98. The van der Waals surface area contributed by atoms with Crippen LogP contribution < -0.4 is 0 Å². The van der Waals surface area contributed by atoms with Gasteiger partial charge in [0.2, 0.25) is 0 Å². The van der Waals surface area contributed by atoms with Crippen LogP contribution in [0, 0.1) is 13.8 Å². The number of aryl methyl sites for hydroxylation is 2. The van der Waals surface area contributed by atoms with Crippen LogP contribution in [0.2, 0.25) is 0 Å². The van der Waals surface area contributed by atoms with E-state index in [0.717, 1.165) is 22.5 Å². The first-order valence-corrected chi connectivity index (χ1v) is 8.37. The number of rotatable bonds is 1. The van der Waals surface area contributed by atoms with Gasteiger partial charge in [-0.2, -0.15) is 5.10 Å². The number of ether oxygens (including phenoxy) is 1. The summed E-state index contributed by atoms with van der Waals surface area (Å²) in [5, 5.41) is 4.48. The maximum atomic E-state index is 12.7. The SMILES string of the molecule is Cc1cn(-c2ccc3c(c2)CCN(C(=O)OC(C)(C)C)C3=O)nc1C. The van der Waals surface area contributed by atoms with Gasteiger partial charge in [0, 0.05) is 18.3 Å². The Bertz CT molecular complexity index is 827. The first kappa shape index (κ1) is 17.2. The van der Waals surface area contributed by atoms with Crippen LogP contribution in [-0.2, 0) is 11.2 Å². The monoisotopic (exact) mass is 341 g/mol. The highest BCUT2D eigenvalue weighted by Gasteiger charge is 2.32. The van der Waals surface area contributed by atoms with Gasteiger partial charge in [0.1, 0.15) is 5.60 Å². The maximum absolute atomic E-state index is 12.7. The van der Waals surface area contributed by atoms with Crippen LogP contribution in [-0.4, -0.2) is 38.8 Å². The van der Waals surface area contributed by atoms with Gasteiger partial charge in [-0.05, 0) is 70.4 Å². The second-order valence-electron chi connectivity index (χ2n) is 7.37. The number of carbonyl (C=O) groups excluding carboxylic acids is 2. The van der Waals surface area contributed by atoms with Crippen LogP contribution >= 0.6 is 0 Å². The Morgan fingerprint density at radius 3 is 2.56 bits per heavy atom. The van der Waals surface area contributed by atoms with Crippen molar-refractivity contribution < 1.29 is 14.3 Å². The van der Waals surface area contributed by atoms with E-state index in [0.29, 0.717) is 18.5 Å². The predicted octanol–water partition coefficient (Wildman–Crippen LogP) is 3.42. The minimum Gasteiger partial charge on any atom is -0.443 e. The van der Waals surface area contributed by atoms with Crippen LogP contribution in [0.5, 0.6) is 0 Å². The van der Waals surface area contributed by atoms with Crippen molar-refractivity contribution in [3.8, 4) is 5.69 Å². The Morgan fingerprint density at radius 2 is 1.96 bits per heavy atom. The van der Waals surface area contributed by atoms with Crippen molar-refractivity contribution in [2.75, 3.05) is 6.54 Å². The molecule has 3 rings (SSSR count). The molecular weight excluding hydrogens is 318 g/mol. The quantitative estimate of drug-likeness (QED) is 0.797. The topological polar surface area (TPSA) is 64.4 Å². The third kappa shape index (κ3) is 3.43. The summed E-state index contributed by atoms with van der Waals surface area (Å²) in [7, 11) is 0. The Morgan fingerprint density at radius 1 is 1.24 bits per heavy atom. The van der Waals surface area contributed by atoms with E-state index in [4.69, 9.17) is 4.74 Å². The zero-order chi connectivity index (χ0) is 18.4. The zero-order valence-electron chi connectivity index (χ0n) is 15.3. The molecule has 2 heterocycles. The number of fused-ring (bicyclic) bond motifs is 1. The molecular formula is C19H23N3O3. The van der Waals surface area contributed by atoms with Crippen molar-refractivity contribution >= 4 is 12.0 Å². The fraction of sp³-hybridized carbons (Fsp3) is 0.421. The van der Waals surface area contributed by atoms with Crippen molar-refractivity contribution in [3.05, 3.63) is 46.8 Å². The molecule has 0 saturated heterocycles. The lowest BCUT2D eigenvalue weighted by Crippen LogP contribution is -2.44. The summed E-state index contributed by atoms with van der Waals surface area (Å²) in [5.74, 6) is -0.310. The van der Waals surface area contributed by atoms with E-state index in [1.165, 1.54) is 4.90 Å². The van der Waals surface area contributed by atoms with E-state index >= 15 is 0 Å². The molecule has 132 valence electrons. The third-order valence-corrected chi connectivity index (χ3v) is 4.19. The molecule has 0 atom stereocenters. The number of nitrogens with zero attached hydrogens (tertiary/aromatic N) is 3. The van der Waals surface area contributed by atoms with E-state index < -0.39 is 11.7 Å². The third-order valence-electron chi connectivity index (χ3n) is 4.19. The molecule has 0 unspecified atom stereocenters. The molecule has 0 saturated carbocycles. The van der Waals surface area contributed by atoms with E-state index in [1.54, 1.807) is 26.8 Å². The fourth-order valence-corrected chi connectivity index (χ4v) is 2.79. The van der Waals surface area contributed by atoms with E-state index in [9.17, 15) is 9.59 Å². The fourth-order valence-electron chi connectivity index (χ4n) is 2.79. The number of benzene rings is 1. The lowest BCUT2D eigenvalue weighted by molar-refractivity contribution is 0.0233. The summed E-state index contributed by atoms with van der Waals surface area (Å²) < 4.78 is 7.14. The van der Waals surface area contributed by atoms with Crippen molar-refractivity contribution in [3.63, 3.8) is 0 Å². The van der Waals surface area contributed by atoms with Crippen molar-refractivity contribution in [1.82, 2.24) is 14.7 Å². The maximum Gasteiger partial charge on any atom is 0.417 e. The normalized spacial score (nSPS) is 14.4. The average molecular weight is 341 g/mol. The average Bonchev–Trinajstić information content (AvgIpc) is 2.85. The predicted molar refractivity (Wildman–Crippen MR) is 94.0 cm³/mol. The van der Waals surface area contributed by atoms with Crippen LogP contribution in [0.3, 0.4) is 0 Å². The summed E-state index contributed by atoms with van der Waals surface area (Å²) in [6, 6.07) is 5.57. The van der Waals surface area contributed by atoms with Crippen LogP contribution in [0.25, 0.3) is 5.69 Å². The number of hydrogen-bond donors (Lipinski definition) is 0. The van der Waals surface area contributed by atoms with Gasteiger partial charge in [-0.25, -0.2) is 14.4 Å². The number of carbonyl (C=O) groups is 2. The molecule has 1 aliphatic rings. The molecule has 25 heavy (non-hydrogen) atoms. The molecule has 0 aliphatic carbocycles. The highest BCUT2D eigenvalue weighted by molar-refractivity contribution is 6.05. The number of hydrogen-bond acceptors (Lipinski definition) is 4. The molecule has 1 aromatic heterocycles. The molecule has 6 nitrogen and oxygen atoms in total. The summed E-state index contributed by atoms with van der Waals surface area (Å²) >= 11 is 0. The minimum atomic E-state index is -0.628. The summed E-state index contributed by atoms with van der Waals surface area (Å²) in [6.07, 6.45) is 1.98. The Kier molecular flexibility index (Phi) is 4.14. The molecule has 2 amide bonds. The van der Waals surface area contributed by atoms with E-state index in [1.807, 2.05) is 36.9 Å². The van der Waals surface area contributed by atoms with E-state index in [-0.39, 0.29) is 5.91 Å². The van der Waals surface area contributed by atoms with E-state index in [2.05, 4.69) is 5.10 Å². The molecule has 2 aromatic rings. The van der Waals surface area contributed by atoms with Gasteiger partial charge in [-0.15, -0.1) is 0 Å². The summed E-state index contributed by atoms with van der Waals surface area (Å²) in [6.45, 7) is 9.65. The van der Waals surface area contributed by atoms with Gasteiger partial charge in [-0.3, -0.25) is 4.79 Å². The highest BCUT2D eigenvalue weighted by atomic mass is 16.6. The van der Waals surface area contributed by atoms with Gasteiger partial charge < -0.3 is 4.74 Å². The van der Waals surface area contributed by atoms with Gasteiger partial charge in [0.05, 0.1) is 11.4 Å². The first-order valence-electron chi connectivity index (χ1n) is 8.37. The van der Waals surface area contributed by atoms with Crippen LogP contribution in [0.15, 0.2) is 24.4 Å². The molecule has 0 spiro atoms. The second kappa shape index (κ2) is 6.02. The molecule has 1 aromatic carbocycles. The molecule has 0 bridgehead atoms. The van der Waals surface area contributed by atoms with Gasteiger partial charge in [0.15, 0.2) is 0 Å². The zero-order valence-corrected chi connectivity index (χ0v) is 15.3. The second-order valence-corrected chi connectivity index (χ2v) is 7.37. The van der Waals surface area contributed by atoms with Crippen LogP contribution in [0.4, 0.5) is 4.79 Å². The van der Waals surface area contributed by atoms with Crippen molar-refractivity contribution in [2.45, 2.75) is 46.6 Å². The number of aromatic nitrogens is 2. The lowest BCUT2D eigenvalue weighted by Gasteiger charge is -2.29. The smallest absolute Gasteiger partial charge is 0.417 e. The number of imide groups is 1. The molecule has 0 radical (unpaired) electrons.